The molecule has 1 saturated heterocycles. The van der Waals surface area contributed by atoms with Gasteiger partial charge in [0.15, 0.2) is 12.4 Å². The van der Waals surface area contributed by atoms with E-state index in [2.05, 4.69) is 0 Å². The third-order valence-corrected chi connectivity index (χ3v) is 6.60. The average molecular weight is 420 g/mol. The fourth-order valence-corrected chi connectivity index (χ4v) is 4.87. The zero-order valence-corrected chi connectivity index (χ0v) is 17.1. The SMILES string of the molecule is COC(O)C1CC(CP(=O)(OCc2ccccc2)OCc2ccccc2)C(=O)O1. The van der Waals surface area contributed by atoms with Gasteiger partial charge in [-0.1, -0.05) is 60.7 Å². The van der Waals surface area contributed by atoms with Gasteiger partial charge < -0.3 is 23.6 Å². The number of esters is 1. The number of methoxy groups -OCH3 is 1. The van der Waals surface area contributed by atoms with E-state index in [1.165, 1.54) is 7.11 Å². The molecule has 7 nitrogen and oxygen atoms in total. The highest BCUT2D eigenvalue weighted by molar-refractivity contribution is 7.53. The Kier molecular flexibility index (Phi) is 7.58. The summed E-state index contributed by atoms with van der Waals surface area (Å²) in [5, 5.41) is 9.76. The van der Waals surface area contributed by atoms with Crippen molar-refractivity contribution < 1.29 is 33.0 Å². The van der Waals surface area contributed by atoms with E-state index in [1.54, 1.807) is 0 Å². The highest BCUT2D eigenvalue weighted by Crippen LogP contribution is 2.52. The van der Waals surface area contributed by atoms with Gasteiger partial charge in [0.25, 0.3) is 0 Å². The predicted molar refractivity (Wildman–Crippen MR) is 106 cm³/mol. The maximum absolute atomic E-state index is 13.5. The van der Waals surface area contributed by atoms with E-state index in [4.69, 9.17) is 18.5 Å². The number of carbonyl (C=O) groups is 1. The number of hydrogen-bond acceptors (Lipinski definition) is 7. The van der Waals surface area contributed by atoms with Crippen LogP contribution in [0.1, 0.15) is 17.5 Å². The van der Waals surface area contributed by atoms with Crippen LogP contribution >= 0.6 is 7.60 Å². The van der Waals surface area contributed by atoms with Crippen LogP contribution in [0.4, 0.5) is 0 Å². The quantitative estimate of drug-likeness (QED) is 0.357. The Morgan fingerprint density at radius 3 is 2.03 bits per heavy atom. The summed E-state index contributed by atoms with van der Waals surface area (Å²) in [5.41, 5.74) is 1.69. The molecule has 1 fully saturated rings. The minimum Gasteiger partial charge on any atom is -0.457 e. The van der Waals surface area contributed by atoms with Crippen LogP contribution in [0.25, 0.3) is 0 Å². The summed E-state index contributed by atoms with van der Waals surface area (Å²) >= 11 is 0. The molecule has 0 spiro atoms. The van der Waals surface area contributed by atoms with Gasteiger partial charge in [-0.3, -0.25) is 9.36 Å². The lowest BCUT2D eigenvalue weighted by Gasteiger charge is -2.20. The summed E-state index contributed by atoms with van der Waals surface area (Å²) < 4.78 is 34.8. The maximum atomic E-state index is 13.5. The first-order valence-electron chi connectivity index (χ1n) is 9.36. The summed E-state index contributed by atoms with van der Waals surface area (Å²) in [5.74, 6) is -1.25. The van der Waals surface area contributed by atoms with Crippen molar-refractivity contribution >= 4 is 13.6 Å². The Balaban J connectivity index is 1.69. The molecular weight excluding hydrogens is 395 g/mol. The average Bonchev–Trinajstić information content (AvgIpc) is 3.12. The first-order valence-corrected chi connectivity index (χ1v) is 11.1. The number of aliphatic hydroxyl groups is 1. The molecule has 1 aliphatic heterocycles. The molecule has 0 aliphatic carbocycles. The summed E-state index contributed by atoms with van der Waals surface area (Å²) in [7, 11) is -2.30. The Hall–Kier alpha value is -2.02. The van der Waals surface area contributed by atoms with E-state index < -0.39 is 31.9 Å². The molecule has 1 N–H and O–H groups in total. The van der Waals surface area contributed by atoms with Gasteiger partial charge in [-0.25, -0.2) is 0 Å². The Morgan fingerprint density at radius 1 is 1.03 bits per heavy atom. The molecule has 1 heterocycles. The predicted octanol–water partition coefficient (Wildman–Crippen LogP) is 3.51. The fraction of sp³-hybridized carbons (Fsp3) is 0.381. The van der Waals surface area contributed by atoms with Crippen LogP contribution in [-0.4, -0.2) is 36.7 Å². The van der Waals surface area contributed by atoms with Gasteiger partial charge in [-0.05, 0) is 11.1 Å². The first kappa shape index (κ1) is 21.7. The van der Waals surface area contributed by atoms with Crippen molar-refractivity contribution in [1.29, 1.82) is 0 Å². The van der Waals surface area contributed by atoms with Gasteiger partial charge in [0.05, 0.1) is 25.3 Å². The van der Waals surface area contributed by atoms with Crippen molar-refractivity contribution in [2.24, 2.45) is 5.92 Å². The number of benzene rings is 2. The van der Waals surface area contributed by atoms with Gasteiger partial charge >= 0.3 is 13.6 Å². The molecule has 1 aliphatic rings. The summed E-state index contributed by atoms with van der Waals surface area (Å²) in [6.45, 7) is 0.192. The molecule has 0 saturated carbocycles. The second kappa shape index (κ2) is 10.1. The molecule has 156 valence electrons. The van der Waals surface area contributed by atoms with Gasteiger partial charge in [0.2, 0.25) is 0 Å². The number of rotatable bonds is 10. The fourth-order valence-electron chi connectivity index (χ4n) is 3.05. The number of carbonyl (C=O) groups excluding carboxylic acids is 1. The van der Waals surface area contributed by atoms with Gasteiger partial charge in [-0.2, -0.15) is 0 Å². The normalized spacial score (nSPS) is 20.4. The summed E-state index contributed by atoms with van der Waals surface area (Å²) in [4.78, 5) is 12.2. The minimum atomic E-state index is -3.63. The maximum Gasteiger partial charge on any atom is 0.332 e. The van der Waals surface area contributed by atoms with Crippen molar-refractivity contribution in [3.8, 4) is 0 Å². The zero-order chi connectivity index (χ0) is 20.7. The van der Waals surface area contributed by atoms with Gasteiger partial charge in [0.1, 0.15) is 0 Å². The van der Waals surface area contributed by atoms with Crippen LogP contribution in [0.5, 0.6) is 0 Å². The van der Waals surface area contributed by atoms with Crippen molar-refractivity contribution in [3.63, 3.8) is 0 Å². The van der Waals surface area contributed by atoms with Crippen molar-refractivity contribution in [3.05, 3.63) is 71.8 Å². The molecule has 3 atom stereocenters. The number of cyclic esters (lactones) is 1. The van der Waals surface area contributed by atoms with E-state index in [1.807, 2.05) is 60.7 Å². The largest absolute Gasteiger partial charge is 0.457 e. The minimum absolute atomic E-state index is 0.0960. The molecule has 8 heteroatoms. The lowest BCUT2D eigenvalue weighted by Crippen LogP contribution is -2.27. The van der Waals surface area contributed by atoms with Crippen molar-refractivity contribution in [2.75, 3.05) is 13.3 Å². The van der Waals surface area contributed by atoms with Crippen molar-refractivity contribution in [2.45, 2.75) is 32.0 Å². The van der Waals surface area contributed by atoms with E-state index >= 15 is 0 Å². The highest BCUT2D eigenvalue weighted by Gasteiger charge is 2.43. The van der Waals surface area contributed by atoms with Crippen LogP contribution in [0.3, 0.4) is 0 Å². The number of aliphatic hydroxyl groups excluding tert-OH is 1. The molecule has 29 heavy (non-hydrogen) atoms. The lowest BCUT2D eigenvalue weighted by atomic mass is 10.1. The molecule has 0 aromatic heterocycles. The second-order valence-corrected chi connectivity index (χ2v) is 8.95. The van der Waals surface area contributed by atoms with Crippen LogP contribution in [0.2, 0.25) is 0 Å². The number of hydrogen-bond donors (Lipinski definition) is 1. The van der Waals surface area contributed by atoms with E-state index in [-0.39, 0.29) is 25.8 Å². The van der Waals surface area contributed by atoms with Crippen LogP contribution in [0.15, 0.2) is 60.7 Å². The van der Waals surface area contributed by atoms with Gasteiger partial charge in [0, 0.05) is 13.5 Å². The lowest BCUT2D eigenvalue weighted by molar-refractivity contribution is -0.169. The first-order chi connectivity index (χ1) is 14.0. The van der Waals surface area contributed by atoms with E-state index in [0.29, 0.717) is 0 Å². The monoisotopic (exact) mass is 420 g/mol. The zero-order valence-electron chi connectivity index (χ0n) is 16.2. The van der Waals surface area contributed by atoms with E-state index in [9.17, 15) is 14.5 Å². The van der Waals surface area contributed by atoms with E-state index in [0.717, 1.165) is 11.1 Å². The molecule has 3 unspecified atom stereocenters. The standard InChI is InChI=1S/C21H25O7P/c1-25-21(23)19-12-18(20(22)28-19)15-29(24,26-13-16-8-4-2-5-9-16)27-14-17-10-6-3-7-11-17/h2-11,18-19,21,23H,12-15H2,1H3. The topological polar surface area (TPSA) is 91.3 Å². The number of ether oxygens (including phenoxy) is 2. The summed E-state index contributed by atoms with van der Waals surface area (Å²) in [6.07, 6.45) is -1.97. The van der Waals surface area contributed by atoms with Crippen molar-refractivity contribution in [1.82, 2.24) is 0 Å². The second-order valence-electron chi connectivity index (χ2n) is 6.85. The van der Waals surface area contributed by atoms with Crippen LogP contribution < -0.4 is 0 Å². The third kappa shape index (κ3) is 6.23. The molecule has 3 rings (SSSR count). The smallest absolute Gasteiger partial charge is 0.332 e. The molecule has 0 amide bonds. The molecular formula is C21H25O7P. The Morgan fingerprint density at radius 2 is 1.55 bits per heavy atom. The van der Waals surface area contributed by atoms with Crippen LogP contribution in [0, 0.1) is 5.92 Å². The molecule has 2 aromatic carbocycles. The highest BCUT2D eigenvalue weighted by atomic mass is 31.2. The van der Waals surface area contributed by atoms with Crippen LogP contribution in [-0.2, 0) is 41.1 Å². The Labute approximate surface area is 170 Å². The summed E-state index contributed by atoms with van der Waals surface area (Å²) in [6, 6.07) is 18.6. The Bertz CT molecular complexity index is 780. The molecule has 0 bridgehead atoms. The van der Waals surface area contributed by atoms with Gasteiger partial charge in [-0.15, -0.1) is 0 Å². The molecule has 0 radical (unpaired) electrons. The molecule has 2 aromatic rings. The third-order valence-electron chi connectivity index (χ3n) is 4.66.